The molecule has 0 saturated carbocycles. The number of allylic oxidation sites excluding steroid dienone is 1. The number of aromatic nitrogens is 1. The number of nitriles is 1. The van der Waals surface area contributed by atoms with Crippen LogP contribution in [0.2, 0.25) is 5.02 Å². The van der Waals surface area contributed by atoms with E-state index in [1.807, 2.05) is 30.3 Å². The van der Waals surface area contributed by atoms with Crippen molar-refractivity contribution in [2.75, 3.05) is 0 Å². The summed E-state index contributed by atoms with van der Waals surface area (Å²) in [7, 11) is 0. The van der Waals surface area contributed by atoms with E-state index in [0.29, 0.717) is 15.6 Å². The number of fused-ring (bicyclic) bond motifs is 1. The van der Waals surface area contributed by atoms with Crippen LogP contribution in [0.25, 0.3) is 21.5 Å². The minimum absolute atomic E-state index is 0.112. The molecule has 3 nitrogen and oxygen atoms in total. The van der Waals surface area contributed by atoms with Crippen LogP contribution in [0, 0.1) is 11.3 Å². The molecule has 1 aromatic heterocycles. The molecule has 0 unspecified atom stereocenters. The Bertz CT molecular complexity index is 859. The van der Waals surface area contributed by atoms with E-state index in [9.17, 15) is 10.4 Å². The Kier molecular flexibility index (Phi) is 3.61. The van der Waals surface area contributed by atoms with Gasteiger partial charge in [0.1, 0.15) is 22.4 Å². The molecule has 0 radical (unpaired) electrons. The number of nitrogens with zero attached hydrogens (tertiary/aromatic N) is 2. The molecule has 0 aliphatic rings. The zero-order chi connectivity index (χ0) is 14.8. The Hall–Kier alpha value is -2.35. The molecule has 0 bridgehead atoms. The molecule has 0 aliphatic carbocycles. The lowest BCUT2D eigenvalue weighted by Crippen LogP contribution is -1.89. The molecule has 0 fully saturated rings. The van der Waals surface area contributed by atoms with Crippen molar-refractivity contribution in [3.05, 3.63) is 64.1 Å². The third kappa shape index (κ3) is 2.62. The molecule has 3 rings (SSSR count). The molecule has 21 heavy (non-hydrogen) atoms. The fourth-order valence-electron chi connectivity index (χ4n) is 1.96. The number of aliphatic hydroxyl groups excluding tert-OH is 1. The van der Waals surface area contributed by atoms with E-state index in [1.54, 1.807) is 24.3 Å². The van der Waals surface area contributed by atoms with E-state index in [1.165, 1.54) is 11.3 Å². The van der Waals surface area contributed by atoms with Gasteiger partial charge in [-0.25, -0.2) is 4.98 Å². The van der Waals surface area contributed by atoms with Gasteiger partial charge in [0, 0.05) is 10.6 Å². The molecule has 2 aromatic carbocycles. The highest BCUT2D eigenvalue weighted by molar-refractivity contribution is 7.19. The zero-order valence-corrected chi connectivity index (χ0v) is 12.3. The summed E-state index contributed by atoms with van der Waals surface area (Å²) >= 11 is 7.29. The predicted molar refractivity (Wildman–Crippen MR) is 86.1 cm³/mol. The Balaban J connectivity index is 2.17. The average Bonchev–Trinajstić information content (AvgIpc) is 2.91. The summed E-state index contributed by atoms with van der Waals surface area (Å²) < 4.78 is 0.971. The van der Waals surface area contributed by atoms with E-state index < -0.39 is 0 Å². The van der Waals surface area contributed by atoms with Gasteiger partial charge in [0.05, 0.1) is 10.2 Å². The topological polar surface area (TPSA) is 56.9 Å². The molecule has 5 heteroatoms. The van der Waals surface area contributed by atoms with Crippen LogP contribution in [-0.4, -0.2) is 10.1 Å². The predicted octanol–water partition coefficient (Wildman–Crippen LogP) is 4.90. The lowest BCUT2D eigenvalue weighted by atomic mass is 10.1. The summed E-state index contributed by atoms with van der Waals surface area (Å²) in [6, 6.07) is 16.4. The Labute approximate surface area is 130 Å². The maximum atomic E-state index is 10.3. The van der Waals surface area contributed by atoms with Crippen LogP contribution < -0.4 is 0 Å². The van der Waals surface area contributed by atoms with Crippen LogP contribution in [0.15, 0.2) is 48.5 Å². The van der Waals surface area contributed by atoms with Gasteiger partial charge >= 0.3 is 0 Å². The normalized spacial score (nSPS) is 12.0. The van der Waals surface area contributed by atoms with Gasteiger partial charge in [-0.15, -0.1) is 11.3 Å². The smallest absolute Gasteiger partial charge is 0.143 e. The highest BCUT2D eigenvalue weighted by Crippen LogP contribution is 2.31. The molecule has 1 N–H and O–H groups in total. The molecule has 3 aromatic rings. The molecule has 0 amide bonds. The van der Waals surface area contributed by atoms with Gasteiger partial charge in [0.25, 0.3) is 0 Å². The minimum Gasteiger partial charge on any atom is -0.506 e. The van der Waals surface area contributed by atoms with Crippen molar-refractivity contribution in [2.24, 2.45) is 0 Å². The SMILES string of the molecule is N#C/C(=C(\O)c1cccc(Cl)c1)c1nc2ccccc2s1. The summed E-state index contributed by atoms with van der Waals surface area (Å²) in [6.45, 7) is 0. The van der Waals surface area contributed by atoms with Crippen molar-refractivity contribution in [1.82, 2.24) is 4.98 Å². The standard InChI is InChI=1S/C16H9ClN2OS/c17-11-5-3-4-10(8-11)15(20)12(9-18)16-19-13-6-1-2-7-14(13)21-16/h1-8,20H/b15-12+. The van der Waals surface area contributed by atoms with E-state index in [-0.39, 0.29) is 11.3 Å². The van der Waals surface area contributed by atoms with Gasteiger partial charge in [0.15, 0.2) is 0 Å². The maximum Gasteiger partial charge on any atom is 0.143 e. The minimum atomic E-state index is -0.112. The average molecular weight is 313 g/mol. The number of aliphatic hydroxyl groups is 1. The van der Waals surface area contributed by atoms with Crippen LogP contribution in [-0.2, 0) is 0 Å². The second-order valence-corrected chi connectivity index (χ2v) is 5.80. The maximum absolute atomic E-state index is 10.3. The Morgan fingerprint density at radius 2 is 2.00 bits per heavy atom. The van der Waals surface area contributed by atoms with Crippen molar-refractivity contribution in [1.29, 1.82) is 5.26 Å². The third-order valence-corrected chi connectivity index (χ3v) is 4.24. The van der Waals surface area contributed by atoms with Crippen LogP contribution in [0.5, 0.6) is 0 Å². The fourth-order valence-corrected chi connectivity index (χ4v) is 3.11. The van der Waals surface area contributed by atoms with Gasteiger partial charge in [-0.2, -0.15) is 5.26 Å². The number of para-hydroxylation sites is 1. The van der Waals surface area contributed by atoms with Gasteiger partial charge in [0.2, 0.25) is 0 Å². The lowest BCUT2D eigenvalue weighted by molar-refractivity contribution is 0.514. The van der Waals surface area contributed by atoms with Crippen LogP contribution in [0.4, 0.5) is 0 Å². The molecule has 102 valence electrons. The summed E-state index contributed by atoms with van der Waals surface area (Å²) in [5.41, 5.74) is 1.46. The molecular formula is C16H9ClN2OS. The van der Waals surface area contributed by atoms with Crippen LogP contribution in [0.3, 0.4) is 0 Å². The van der Waals surface area contributed by atoms with Gasteiger partial charge in [-0.3, -0.25) is 0 Å². The number of hydrogen-bond acceptors (Lipinski definition) is 4. The molecule has 0 saturated heterocycles. The van der Waals surface area contributed by atoms with E-state index in [2.05, 4.69) is 4.98 Å². The zero-order valence-electron chi connectivity index (χ0n) is 10.7. The number of benzene rings is 2. The second kappa shape index (κ2) is 5.57. The largest absolute Gasteiger partial charge is 0.506 e. The van der Waals surface area contributed by atoms with E-state index in [0.717, 1.165) is 10.2 Å². The summed E-state index contributed by atoms with van der Waals surface area (Å²) in [5, 5.41) is 20.7. The molecule has 0 aliphatic heterocycles. The van der Waals surface area contributed by atoms with Crippen molar-refractivity contribution >= 4 is 44.5 Å². The first-order valence-electron chi connectivity index (χ1n) is 6.14. The van der Waals surface area contributed by atoms with Gasteiger partial charge in [-0.1, -0.05) is 35.9 Å². The second-order valence-electron chi connectivity index (χ2n) is 4.33. The van der Waals surface area contributed by atoms with Crippen LogP contribution >= 0.6 is 22.9 Å². The van der Waals surface area contributed by atoms with Crippen LogP contribution in [0.1, 0.15) is 10.6 Å². The molecule has 0 atom stereocenters. The Morgan fingerprint density at radius 3 is 2.71 bits per heavy atom. The first-order valence-corrected chi connectivity index (χ1v) is 7.33. The lowest BCUT2D eigenvalue weighted by Gasteiger charge is -2.02. The van der Waals surface area contributed by atoms with Crippen molar-refractivity contribution in [3.8, 4) is 6.07 Å². The molecular weight excluding hydrogens is 304 g/mol. The summed E-state index contributed by atoms with van der Waals surface area (Å²) in [5.74, 6) is -0.112. The van der Waals surface area contributed by atoms with E-state index in [4.69, 9.17) is 11.6 Å². The molecule has 1 heterocycles. The number of thiazole rings is 1. The number of rotatable bonds is 2. The first kappa shape index (κ1) is 13.6. The highest BCUT2D eigenvalue weighted by Gasteiger charge is 2.15. The van der Waals surface area contributed by atoms with Crippen molar-refractivity contribution < 1.29 is 5.11 Å². The van der Waals surface area contributed by atoms with Gasteiger partial charge in [-0.05, 0) is 24.3 Å². The highest BCUT2D eigenvalue weighted by atomic mass is 35.5. The van der Waals surface area contributed by atoms with Crippen molar-refractivity contribution in [2.45, 2.75) is 0 Å². The Morgan fingerprint density at radius 1 is 1.19 bits per heavy atom. The number of hydrogen-bond donors (Lipinski definition) is 1. The van der Waals surface area contributed by atoms with Crippen molar-refractivity contribution in [3.63, 3.8) is 0 Å². The third-order valence-electron chi connectivity index (χ3n) is 2.95. The quantitative estimate of drug-likeness (QED) is 0.541. The van der Waals surface area contributed by atoms with E-state index >= 15 is 0 Å². The number of halogens is 1. The monoisotopic (exact) mass is 312 g/mol. The molecule has 0 spiro atoms. The summed E-state index contributed by atoms with van der Waals surface area (Å²) in [6.07, 6.45) is 0. The fraction of sp³-hybridized carbons (Fsp3) is 0. The summed E-state index contributed by atoms with van der Waals surface area (Å²) in [4.78, 5) is 4.40. The first-order chi connectivity index (χ1) is 10.2. The van der Waals surface area contributed by atoms with Gasteiger partial charge < -0.3 is 5.11 Å².